The highest BCUT2D eigenvalue weighted by Gasteiger charge is 2.31. The second kappa shape index (κ2) is 6.98. The molecule has 5 nitrogen and oxygen atoms in total. The number of aromatic nitrogens is 1. The van der Waals surface area contributed by atoms with Crippen LogP contribution in [0.1, 0.15) is 27.5 Å². The minimum Gasteiger partial charge on any atom is -0.456 e. The summed E-state index contributed by atoms with van der Waals surface area (Å²) in [6.07, 6.45) is 3.25. The summed E-state index contributed by atoms with van der Waals surface area (Å²) in [5.74, 6) is 1.04. The summed E-state index contributed by atoms with van der Waals surface area (Å²) in [7, 11) is 0. The van der Waals surface area contributed by atoms with E-state index in [1.807, 2.05) is 30.3 Å². The summed E-state index contributed by atoms with van der Waals surface area (Å²) in [6, 6.07) is 17.9. The van der Waals surface area contributed by atoms with Crippen molar-refractivity contribution < 1.29 is 14.6 Å². The van der Waals surface area contributed by atoms with Gasteiger partial charge in [-0.3, -0.25) is 9.78 Å². The molecule has 130 valence electrons. The van der Waals surface area contributed by atoms with Gasteiger partial charge in [0.2, 0.25) is 0 Å². The summed E-state index contributed by atoms with van der Waals surface area (Å²) >= 11 is 0. The van der Waals surface area contributed by atoms with Gasteiger partial charge in [-0.05, 0) is 47.5 Å². The Labute approximate surface area is 151 Å². The van der Waals surface area contributed by atoms with Gasteiger partial charge in [0.15, 0.2) is 0 Å². The van der Waals surface area contributed by atoms with E-state index in [1.165, 1.54) is 0 Å². The van der Waals surface area contributed by atoms with Gasteiger partial charge in [-0.1, -0.05) is 24.3 Å². The summed E-state index contributed by atoms with van der Waals surface area (Å²) < 4.78 is 5.68. The van der Waals surface area contributed by atoms with Gasteiger partial charge in [0.1, 0.15) is 11.5 Å². The van der Waals surface area contributed by atoms with Crippen molar-refractivity contribution in [3.05, 3.63) is 89.7 Å². The van der Waals surface area contributed by atoms with Gasteiger partial charge < -0.3 is 15.2 Å². The number of hydrogen-bond donors (Lipinski definition) is 2. The molecule has 0 bridgehead atoms. The molecule has 2 atom stereocenters. The monoisotopic (exact) mass is 346 g/mol. The van der Waals surface area contributed by atoms with Crippen LogP contribution in [0.25, 0.3) is 0 Å². The van der Waals surface area contributed by atoms with Crippen molar-refractivity contribution in [3.63, 3.8) is 0 Å². The van der Waals surface area contributed by atoms with Crippen LogP contribution < -0.4 is 10.1 Å². The molecular weight excluding hydrogens is 328 g/mol. The maximum atomic E-state index is 12.6. The van der Waals surface area contributed by atoms with E-state index in [1.54, 1.807) is 42.7 Å². The molecule has 1 aliphatic carbocycles. The molecule has 3 aromatic rings. The van der Waals surface area contributed by atoms with E-state index in [2.05, 4.69) is 10.3 Å². The lowest BCUT2D eigenvalue weighted by Crippen LogP contribution is -2.33. The minimum atomic E-state index is -0.607. The zero-order chi connectivity index (χ0) is 17.9. The zero-order valence-corrected chi connectivity index (χ0v) is 14.0. The number of carbonyl (C=O) groups excluding carboxylic acids is 1. The van der Waals surface area contributed by atoms with Crippen LogP contribution in [0.15, 0.2) is 73.1 Å². The molecule has 0 radical (unpaired) electrons. The van der Waals surface area contributed by atoms with Crippen LogP contribution >= 0.6 is 0 Å². The quantitative estimate of drug-likeness (QED) is 0.761. The van der Waals surface area contributed by atoms with Gasteiger partial charge in [-0.15, -0.1) is 0 Å². The number of pyridine rings is 1. The van der Waals surface area contributed by atoms with Crippen LogP contribution in [-0.4, -0.2) is 22.1 Å². The smallest absolute Gasteiger partial charge is 0.251 e. The first kappa shape index (κ1) is 16.3. The first-order valence-electron chi connectivity index (χ1n) is 8.45. The third-order valence-corrected chi connectivity index (χ3v) is 4.48. The molecule has 1 heterocycles. The fourth-order valence-corrected chi connectivity index (χ4v) is 3.19. The fraction of sp³-hybridized carbons (Fsp3) is 0.143. The van der Waals surface area contributed by atoms with E-state index in [0.29, 0.717) is 23.5 Å². The summed E-state index contributed by atoms with van der Waals surface area (Å²) in [4.78, 5) is 16.5. The van der Waals surface area contributed by atoms with E-state index in [4.69, 9.17) is 4.74 Å². The molecular formula is C21H18N2O3. The van der Waals surface area contributed by atoms with Crippen LogP contribution in [0.5, 0.6) is 11.5 Å². The highest BCUT2D eigenvalue weighted by Crippen LogP contribution is 2.31. The predicted octanol–water partition coefficient (Wildman–Crippen LogP) is 3.26. The number of rotatable bonds is 4. The fourth-order valence-electron chi connectivity index (χ4n) is 3.19. The van der Waals surface area contributed by atoms with Crippen LogP contribution in [0, 0.1) is 0 Å². The number of nitrogens with one attached hydrogen (secondary N) is 1. The Bertz CT molecular complexity index is 910. The first-order valence-corrected chi connectivity index (χ1v) is 8.45. The summed E-state index contributed by atoms with van der Waals surface area (Å²) in [5, 5.41) is 13.2. The van der Waals surface area contributed by atoms with Crippen molar-refractivity contribution in [1.29, 1.82) is 0 Å². The SMILES string of the molecule is O=C(N[C@@H]1c2ccccc2C[C@@H]1O)c1ccc(Oc2cccnc2)cc1. The molecule has 0 unspecified atom stereocenters. The lowest BCUT2D eigenvalue weighted by molar-refractivity contribution is 0.0858. The average Bonchev–Trinajstić information content (AvgIpc) is 2.98. The van der Waals surface area contributed by atoms with Crippen molar-refractivity contribution in [3.8, 4) is 11.5 Å². The number of ether oxygens (including phenoxy) is 1. The second-order valence-corrected chi connectivity index (χ2v) is 6.24. The van der Waals surface area contributed by atoms with Gasteiger partial charge in [0, 0.05) is 18.2 Å². The molecule has 1 aromatic heterocycles. The molecule has 4 rings (SSSR count). The molecule has 2 N–H and O–H groups in total. The minimum absolute atomic E-state index is 0.223. The number of hydrogen-bond acceptors (Lipinski definition) is 4. The van der Waals surface area contributed by atoms with E-state index in [0.717, 1.165) is 11.1 Å². The Hall–Kier alpha value is -3.18. The van der Waals surface area contributed by atoms with Gasteiger partial charge in [-0.2, -0.15) is 0 Å². The number of aliphatic hydroxyl groups excluding tert-OH is 1. The molecule has 1 amide bonds. The second-order valence-electron chi connectivity index (χ2n) is 6.24. The Balaban J connectivity index is 1.45. The lowest BCUT2D eigenvalue weighted by Gasteiger charge is -2.18. The number of nitrogens with zero attached hydrogens (tertiary/aromatic N) is 1. The molecule has 0 aliphatic heterocycles. The molecule has 0 spiro atoms. The third kappa shape index (κ3) is 3.30. The Morgan fingerprint density at radius 3 is 2.62 bits per heavy atom. The summed E-state index contributed by atoms with van der Waals surface area (Å²) in [5.41, 5.74) is 2.57. The molecule has 2 aromatic carbocycles. The maximum absolute atomic E-state index is 12.6. The largest absolute Gasteiger partial charge is 0.456 e. The molecule has 0 fully saturated rings. The van der Waals surface area contributed by atoms with Crippen molar-refractivity contribution in [2.45, 2.75) is 18.6 Å². The molecule has 5 heteroatoms. The van der Waals surface area contributed by atoms with E-state index in [9.17, 15) is 9.90 Å². The standard InChI is InChI=1S/C21H18N2O3/c24-19-12-15-4-1-2-6-18(15)20(19)23-21(25)14-7-9-16(10-8-14)26-17-5-3-11-22-13-17/h1-11,13,19-20,24H,12H2,(H,23,25)/t19-,20+/m0/s1. The number of aliphatic hydroxyl groups is 1. The van der Waals surface area contributed by atoms with E-state index >= 15 is 0 Å². The van der Waals surface area contributed by atoms with Crippen LogP contribution in [0.4, 0.5) is 0 Å². The number of carbonyl (C=O) groups is 1. The lowest BCUT2D eigenvalue weighted by atomic mass is 10.1. The molecule has 0 saturated heterocycles. The number of fused-ring (bicyclic) bond motifs is 1. The first-order chi connectivity index (χ1) is 12.7. The predicted molar refractivity (Wildman–Crippen MR) is 97.1 cm³/mol. The third-order valence-electron chi connectivity index (χ3n) is 4.48. The van der Waals surface area contributed by atoms with Crippen LogP contribution in [-0.2, 0) is 6.42 Å². The van der Waals surface area contributed by atoms with Gasteiger partial charge in [0.25, 0.3) is 5.91 Å². The van der Waals surface area contributed by atoms with Gasteiger partial charge in [0.05, 0.1) is 18.3 Å². The number of amides is 1. The highest BCUT2D eigenvalue weighted by atomic mass is 16.5. The Kier molecular flexibility index (Phi) is 4.37. The van der Waals surface area contributed by atoms with Crippen LogP contribution in [0.3, 0.4) is 0 Å². The maximum Gasteiger partial charge on any atom is 0.251 e. The Morgan fingerprint density at radius 2 is 1.85 bits per heavy atom. The van der Waals surface area contributed by atoms with Crippen molar-refractivity contribution in [2.75, 3.05) is 0 Å². The summed E-state index contributed by atoms with van der Waals surface area (Å²) in [6.45, 7) is 0. The Morgan fingerprint density at radius 1 is 1.04 bits per heavy atom. The van der Waals surface area contributed by atoms with Crippen molar-refractivity contribution in [2.24, 2.45) is 0 Å². The van der Waals surface area contributed by atoms with Crippen molar-refractivity contribution >= 4 is 5.91 Å². The molecule has 1 aliphatic rings. The molecule has 0 saturated carbocycles. The topological polar surface area (TPSA) is 71.5 Å². The van der Waals surface area contributed by atoms with E-state index < -0.39 is 6.10 Å². The van der Waals surface area contributed by atoms with Crippen LogP contribution in [0.2, 0.25) is 0 Å². The van der Waals surface area contributed by atoms with Gasteiger partial charge in [-0.25, -0.2) is 0 Å². The molecule has 26 heavy (non-hydrogen) atoms. The average molecular weight is 346 g/mol. The van der Waals surface area contributed by atoms with E-state index in [-0.39, 0.29) is 11.9 Å². The van der Waals surface area contributed by atoms with Gasteiger partial charge >= 0.3 is 0 Å². The normalized spacial score (nSPS) is 18.2. The highest BCUT2D eigenvalue weighted by molar-refractivity contribution is 5.94. The van der Waals surface area contributed by atoms with Crippen molar-refractivity contribution in [1.82, 2.24) is 10.3 Å². The number of benzene rings is 2. The zero-order valence-electron chi connectivity index (χ0n) is 14.0.